The van der Waals surface area contributed by atoms with Gasteiger partial charge in [0.25, 0.3) is 0 Å². The van der Waals surface area contributed by atoms with Gasteiger partial charge in [-0.2, -0.15) is 0 Å². The summed E-state index contributed by atoms with van der Waals surface area (Å²) in [4.78, 5) is 2.59. The Morgan fingerprint density at radius 3 is 2.33 bits per heavy atom. The molecule has 0 aromatic carbocycles. The summed E-state index contributed by atoms with van der Waals surface area (Å²) in [6.45, 7) is 8.40. The molecule has 1 heterocycles. The van der Waals surface area contributed by atoms with E-state index in [4.69, 9.17) is 9.47 Å². The minimum Gasteiger partial charge on any atom is -0.384 e. The first-order valence-electron chi connectivity index (χ1n) is 5.99. The van der Waals surface area contributed by atoms with Gasteiger partial charge in [-0.15, -0.1) is 0 Å². The Labute approximate surface area is 92.7 Å². The maximum absolute atomic E-state index is 5.55. The van der Waals surface area contributed by atoms with Crippen molar-refractivity contribution in [2.75, 3.05) is 33.5 Å². The van der Waals surface area contributed by atoms with Crippen molar-refractivity contribution in [2.24, 2.45) is 5.41 Å². The predicted molar refractivity (Wildman–Crippen MR) is 60.0 cm³/mol. The second kappa shape index (κ2) is 4.40. The summed E-state index contributed by atoms with van der Waals surface area (Å²) in [6, 6.07) is 1.12. The summed E-state index contributed by atoms with van der Waals surface area (Å²) in [5.74, 6) is 0. The molecule has 2 aliphatic rings. The fourth-order valence-corrected chi connectivity index (χ4v) is 2.57. The van der Waals surface area contributed by atoms with E-state index in [2.05, 4.69) is 18.7 Å². The van der Waals surface area contributed by atoms with Gasteiger partial charge < -0.3 is 9.47 Å². The van der Waals surface area contributed by atoms with Crippen LogP contribution in [0.2, 0.25) is 0 Å². The molecule has 3 heteroatoms. The Bertz CT molecular complexity index is 206. The van der Waals surface area contributed by atoms with Crippen molar-refractivity contribution in [3.63, 3.8) is 0 Å². The molecule has 2 rings (SSSR count). The van der Waals surface area contributed by atoms with Gasteiger partial charge in [-0.3, -0.25) is 4.90 Å². The molecular weight excluding hydrogens is 190 g/mol. The van der Waals surface area contributed by atoms with E-state index < -0.39 is 0 Å². The second-order valence-corrected chi connectivity index (χ2v) is 5.34. The van der Waals surface area contributed by atoms with Crippen LogP contribution in [0.5, 0.6) is 0 Å². The van der Waals surface area contributed by atoms with Gasteiger partial charge in [-0.25, -0.2) is 0 Å². The number of hydrogen-bond acceptors (Lipinski definition) is 3. The molecule has 15 heavy (non-hydrogen) atoms. The Morgan fingerprint density at radius 1 is 1.27 bits per heavy atom. The van der Waals surface area contributed by atoms with Crippen LogP contribution in [0.25, 0.3) is 0 Å². The van der Waals surface area contributed by atoms with Crippen LogP contribution < -0.4 is 0 Å². The van der Waals surface area contributed by atoms with Crippen molar-refractivity contribution < 1.29 is 9.47 Å². The van der Waals surface area contributed by atoms with Crippen LogP contribution in [-0.2, 0) is 9.47 Å². The summed E-state index contributed by atoms with van der Waals surface area (Å²) in [6.07, 6.45) is 2.66. The van der Waals surface area contributed by atoms with E-state index in [-0.39, 0.29) is 0 Å². The van der Waals surface area contributed by atoms with E-state index in [0.29, 0.717) is 17.5 Å². The maximum Gasteiger partial charge on any atom is 0.0620 e. The van der Waals surface area contributed by atoms with Crippen LogP contribution in [0.4, 0.5) is 0 Å². The predicted octanol–water partition coefficient (Wildman–Crippen LogP) is 1.52. The van der Waals surface area contributed by atoms with Gasteiger partial charge in [-0.1, -0.05) is 0 Å². The summed E-state index contributed by atoms with van der Waals surface area (Å²) < 4.78 is 10.9. The molecule has 1 aliphatic carbocycles. The third kappa shape index (κ3) is 2.52. The zero-order valence-corrected chi connectivity index (χ0v) is 10.2. The van der Waals surface area contributed by atoms with Gasteiger partial charge in [0.2, 0.25) is 0 Å². The highest BCUT2D eigenvalue weighted by Crippen LogP contribution is 2.47. The van der Waals surface area contributed by atoms with Crippen molar-refractivity contribution in [1.29, 1.82) is 0 Å². The normalized spacial score (nSPS) is 35.4. The van der Waals surface area contributed by atoms with Gasteiger partial charge in [0.05, 0.1) is 19.8 Å². The lowest BCUT2D eigenvalue weighted by Gasteiger charge is -2.40. The minimum absolute atomic E-state index is 0.467. The van der Waals surface area contributed by atoms with Gasteiger partial charge >= 0.3 is 0 Å². The van der Waals surface area contributed by atoms with Gasteiger partial charge in [0.15, 0.2) is 0 Å². The summed E-state index contributed by atoms with van der Waals surface area (Å²) in [7, 11) is 1.81. The topological polar surface area (TPSA) is 21.7 Å². The molecule has 0 unspecified atom stereocenters. The smallest absolute Gasteiger partial charge is 0.0620 e. The van der Waals surface area contributed by atoms with Crippen molar-refractivity contribution in [3.8, 4) is 0 Å². The zero-order chi connectivity index (χ0) is 10.9. The number of morpholine rings is 1. The quantitative estimate of drug-likeness (QED) is 0.707. The van der Waals surface area contributed by atoms with Crippen LogP contribution in [0.1, 0.15) is 26.7 Å². The minimum atomic E-state index is 0.467. The molecule has 1 aliphatic heterocycles. The first kappa shape index (κ1) is 11.4. The lowest BCUT2D eigenvalue weighted by molar-refractivity contribution is -0.0506. The zero-order valence-electron chi connectivity index (χ0n) is 10.2. The average molecular weight is 213 g/mol. The Hall–Kier alpha value is -0.120. The number of rotatable bonds is 4. The molecule has 0 bridgehead atoms. The highest BCUT2D eigenvalue weighted by atomic mass is 16.5. The largest absolute Gasteiger partial charge is 0.384 e. The average Bonchev–Trinajstić information content (AvgIpc) is 2.93. The second-order valence-electron chi connectivity index (χ2n) is 5.34. The molecular formula is C12H23NO2. The number of nitrogens with zero attached hydrogens (tertiary/aromatic N) is 1. The highest BCUT2D eigenvalue weighted by molar-refractivity contribution is 4.97. The van der Waals surface area contributed by atoms with Crippen LogP contribution in [0, 0.1) is 5.41 Å². The molecule has 0 aromatic rings. The number of ether oxygens (including phenoxy) is 2. The highest BCUT2D eigenvalue weighted by Gasteiger charge is 2.45. The van der Waals surface area contributed by atoms with E-state index >= 15 is 0 Å². The molecule has 0 radical (unpaired) electrons. The first-order valence-corrected chi connectivity index (χ1v) is 5.99. The SMILES string of the molecule is COCC1(CN2[C@H](C)COC[C@@H]2C)CC1. The summed E-state index contributed by atoms with van der Waals surface area (Å²) in [5, 5.41) is 0. The molecule has 0 spiro atoms. The van der Waals surface area contributed by atoms with E-state index in [1.807, 2.05) is 7.11 Å². The fourth-order valence-electron chi connectivity index (χ4n) is 2.57. The summed E-state index contributed by atoms with van der Waals surface area (Å²) >= 11 is 0. The van der Waals surface area contributed by atoms with Crippen molar-refractivity contribution in [2.45, 2.75) is 38.8 Å². The van der Waals surface area contributed by atoms with E-state index in [9.17, 15) is 0 Å². The molecule has 3 nitrogen and oxygen atoms in total. The van der Waals surface area contributed by atoms with Crippen LogP contribution in [-0.4, -0.2) is 50.5 Å². The number of hydrogen-bond donors (Lipinski definition) is 0. The molecule has 0 aromatic heterocycles. The molecule has 0 amide bonds. The van der Waals surface area contributed by atoms with Crippen molar-refractivity contribution in [1.82, 2.24) is 4.90 Å². The van der Waals surface area contributed by atoms with Crippen LogP contribution in [0.15, 0.2) is 0 Å². The fraction of sp³-hybridized carbons (Fsp3) is 1.00. The maximum atomic E-state index is 5.55. The standard InChI is InChI=1S/C12H23NO2/c1-10-6-15-7-11(2)13(10)8-12(4-5-12)9-14-3/h10-11H,4-9H2,1-3H3/t10-,11+. The molecule has 1 saturated carbocycles. The van der Waals surface area contributed by atoms with Gasteiger partial charge in [0.1, 0.15) is 0 Å². The molecule has 2 fully saturated rings. The molecule has 88 valence electrons. The Kier molecular flexibility index (Phi) is 3.33. The van der Waals surface area contributed by atoms with Crippen molar-refractivity contribution in [3.05, 3.63) is 0 Å². The lowest BCUT2D eigenvalue weighted by atomic mass is 10.0. The molecule has 1 saturated heterocycles. The van der Waals surface area contributed by atoms with Crippen LogP contribution in [0.3, 0.4) is 0 Å². The monoisotopic (exact) mass is 213 g/mol. The molecule has 2 atom stereocenters. The van der Waals surface area contributed by atoms with E-state index in [0.717, 1.165) is 19.8 Å². The first-order chi connectivity index (χ1) is 7.17. The lowest BCUT2D eigenvalue weighted by Crippen LogP contribution is -2.52. The Morgan fingerprint density at radius 2 is 1.87 bits per heavy atom. The van der Waals surface area contributed by atoms with Crippen LogP contribution >= 0.6 is 0 Å². The Balaban J connectivity index is 1.91. The molecule has 0 N–H and O–H groups in total. The summed E-state index contributed by atoms with van der Waals surface area (Å²) in [5.41, 5.74) is 0.467. The third-order valence-corrected chi connectivity index (χ3v) is 3.78. The third-order valence-electron chi connectivity index (χ3n) is 3.78. The van der Waals surface area contributed by atoms with E-state index in [1.165, 1.54) is 19.4 Å². The van der Waals surface area contributed by atoms with Crippen molar-refractivity contribution >= 4 is 0 Å². The number of methoxy groups -OCH3 is 1. The van der Waals surface area contributed by atoms with Gasteiger partial charge in [-0.05, 0) is 26.7 Å². The van der Waals surface area contributed by atoms with E-state index in [1.54, 1.807) is 0 Å². The van der Waals surface area contributed by atoms with Gasteiger partial charge in [0, 0.05) is 31.2 Å².